The first-order valence-corrected chi connectivity index (χ1v) is 10.8. The van der Waals surface area contributed by atoms with Crippen LogP contribution in [0.3, 0.4) is 0 Å². The number of carbonyl (C=O) groups excluding carboxylic acids is 1. The van der Waals surface area contributed by atoms with Gasteiger partial charge in [-0.25, -0.2) is 4.79 Å². The van der Waals surface area contributed by atoms with E-state index in [0.717, 1.165) is 31.9 Å². The summed E-state index contributed by atoms with van der Waals surface area (Å²) in [5, 5.41) is 6.42. The predicted molar refractivity (Wildman–Crippen MR) is 128 cm³/mol. The molecule has 0 saturated carbocycles. The minimum absolute atomic E-state index is 0.0944. The number of hydrogen-bond donors (Lipinski definition) is 2. The summed E-state index contributed by atoms with van der Waals surface area (Å²) in [4.78, 5) is 19.5. The van der Waals surface area contributed by atoms with E-state index in [1.165, 1.54) is 5.56 Å². The smallest absolute Gasteiger partial charge is 0.319 e. The molecule has 2 N–H and O–H groups in total. The number of hydrogen-bond acceptors (Lipinski definition) is 5. The zero-order chi connectivity index (χ0) is 22.4. The van der Waals surface area contributed by atoms with Crippen LogP contribution in [-0.2, 0) is 0 Å². The first kappa shape index (κ1) is 23.2. The molecule has 2 aromatic carbocycles. The van der Waals surface area contributed by atoms with E-state index in [0.29, 0.717) is 23.0 Å². The Morgan fingerprint density at radius 1 is 1.13 bits per heavy atom. The lowest BCUT2D eigenvalue weighted by Crippen LogP contribution is -2.48. The number of urea groups is 1. The molecule has 1 heterocycles. The highest BCUT2D eigenvalue weighted by molar-refractivity contribution is 6.31. The summed E-state index contributed by atoms with van der Waals surface area (Å²) in [7, 11) is 7.77. The Bertz CT molecular complexity index is 867. The number of likely N-dealkylation sites (N-methyl/N-ethyl adjacent to an activating group) is 1. The van der Waals surface area contributed by atoms with Crippen LogP contribution in [0.25, 0.3) is 0 Å². The summed E-state index contributed by atoms with van der Waals surface area (Å²) in [6, 6.07) is 13.5. The average Bonchev–Trinajstić information content (AvgIpc) is 2.75. The Morgan fingerprint density at radius 3 is 2.42 bits per heavy atom. The van der Waals surface area contributed by atoms with E-state index < -0.39 is 0 Å². The maximum atomic E-state index is 12.7. The van der Waals surface area contributed by atoms with Crippen molar-refractivity contribution in [3.05, 3.63) is 53.1 Å². The second kappa shape index (κ2) is 10.7. The number of methoxy groups -OCH3 is 1. The van der Waals surface area contributed by atoms with E-state index in [2.05, 4.69) is 56.6 Å². The second-order valence-corrected chi connectivity index (χ2v) is 8.46. The third-order valence-electron chi connectivity index (χ3n) is 5.64. The Hall–Kier alpha value is -2.48. The summed E-state index contributed by atoms with van der Waals surface area (Å²) < 4.78 is 5.31. The number of nitrogens with zero attached hydrogens (tertiary/aromatic N) is 3. The largest absolute Gasteiger partial charge is 0.495 e. The van der Waals surface area contributed by atoms with Gasteiger partial charge in [0.05, 0.1) is 18.8 Å². The van der Waals surface area contributed by atoms with Crippen LogP contribution in [0.15, 0.2) is 42.5 Å². The van der Waals surface area contributed by atoms with E-state index in [-0.39, 0.29) is 12.1 Å². The van der Waals surface area contributed by atoms with Gasteiger partial charge in [-0.15, -0.1) is 0 Å². The van der Waals surface area contributed by atoms with E-state index in [1.54, 1.807) is 25.3 Å². The maximum Gasteiger partial charge on any atom is 0.319 e. The highest BCUT2D eigenvalue weighted by atomic mass is 35.5. The molecular formula is C23H32ClN5O2. The van der Waals surface area contributed by atoms with E-state index in [1.807, 2.05) is 14.1 Å². The number of amides is 2. The molecular weight excluding hydrogens is 414 g/mol. The van der Waals surface area contributed by atoms with Gasteiger partial charge in [0.1, 0.15) is 5.75 Å². The summed E-state index contributed by atoms with van der Waals surface area (Å²) in [6.45, 7) is 4.44. The quantitative estimate of drug-likeness (QED) is 0.682. The van der Waals surface area contributed by atoms with E-state index >= 15 is 0 Å². The molecule has 0 aromatic heterocycles. The molecule has 1 unspecified atom stereocenters. The molecule has 2 aromatic rings. The minimum atomic E-state index is -0.287. The van der Waals surface area contributed by atoms with Crippen LogP contribution in [-0.4, -0.2) is 76.8 Å². The molecule has 1 saturated heterocycles. The fraction of sp³-hybridized carbons (Fsp3) is 0.435. The molecule has 0 spiro atoms. The molecule has 1 aliphatic heterocycles. The first-order chi connectivity index (χ1) is 14.9. The Kier molecular flexibility index (Phi) is 8.01. The standard InChI is InChI=1S/C23H32ClN5O2/c1-27(2)19-8-5-17(6-9-19)21(29-13-11-28(3)12-14-29)16-25-23(30)26-20-15-18(24)7-10-22(20)31-4/h5-10,15,21H,11-14,16H2,1-4H3,(H2,25,26,30). The molecule has 0 radical (unpaired) electrons. The lowest BCUT2D eigenvalue weighted by atomic mass is 10.0. The number of anilines is 2. The van der Waals surface area contributed by atoms with Gasteiger partial charge in [0, 0.05) is 57.5 Å². The summed E-state index contributed by atoms with van der Waals surface area (Å²) in [5.74, 6) is 0.564. The molecule has 31 heavy (non-hydrogen) atoms. The third-order valence-corrected chi connectivity index (χ3v) is 5.87. The monoisotopic (exact) mass is 445 g/mol. The molecule has 2 amide bonds. The van der Waals surface area contributed by atoms with Crippen LogP contribution in [0.2, 0.25) is 5.02 Å². The molecule has 8 heteroatoms. The van der Waals surface area contributed by atoms with Gasteiger partial charge in [-0.05, 0) is 42.9 Å². The summed E-state index contributed by atoms with van der Waals surface area (Å²) in [5.41, 5.74) is 2.88. The normalized spacial score (nSPS) is 15.9. The van der Waals surface area contributed by atoms with Gasteiger partial charge in [-0.2, -0.15) is 0 Å². The van der Waals surface area contributed by atoms with Gasteiger partial charge >= 0.3 is 6.03 Å². The molecule has 168 valence electrons. The van der Waals surface area contributed by atoms with Gasteiger partial charge in [0.15, 0.2) is 0 Å². The molecule has 3 rings (SSSR count). The predicted octanol–water partition coefficient (Wildman–Crippen LogP) is 3.52. The molecule has 0 aliphatic carbocycles. The fourth-order valence-corrected chi connectivity index (χ4v) is 3.89. The van der Waals surface area contributed by atoms with Crippen molar-refractivity contribution in [2.45, 2.75) is 6.04 Å². The van der Waals surface area contributed by atoms with Crippen LogP contribution in [0.5, 0.6) is 5.75 Å². The zero-order valence-electron chi connectivity index (χ0n) is 18.7. The minimum Gasteiger partial charge on any atom is -0.495 e. The highest BCUT2D eigenvalue weighted by Crippen LogP contribution is 2.28. The lowest BCUT2D eigenvalue weighted by Gasteiger charge is -2.38. The van der Waals surface area contributed by atoms with Crippen molar-refractivity contribution in [1.82, 2.24) is 15.1 Å². The van der Waals surface area contributed by atoms with Crippen molar-refractivity contribution in [2.24, 2.45) is 0 Å². The Balaban J connectivity index is 1.71. The summed E-state index contributed by atoms with van der Waals surface area (Å²) >= 11 is 6.07. The van der Waals surface area contributed by atoms with Gasteiger partial charge in [0.2, 0.25) is 0 Å². The van der Waals surface area contributed by atoms with E-state index in [4.69, 9.17) is 16.3 Å². The molecule has 0 bridgehead atoms. The molecule has 1 fully saturated rings. The van der Waals surface area contributed by atoms with Crippen molar-refractivity contribution >= 4 is 29.0 Å². The van der Waals surface area contributed by atoms with Crippen LogP contribution in [0, 0.1) is 0 Å². The Morgan fingerprint density at radius 2 is 1.81 bits per heavy atom. The van der Waals surface area contributed by atoms with Crippen molar-refractivity contribution in [2.75, 3.05) is 71.2 Å². The molecule has 1 aliphatic rings. The van der Waals surface area contributed by atoms with Crippen molar-refractivity contribution < 1.29 is 9.53 Å². The van der Waals surface area contributed by atoms with Crippen LogP contribution in [0.1, 0.15) is 11.6 Å². The number of halogens is 1. The van der Waals surface area contributed by atoms with E-state index in [9.17, 15) is 4.79 Å². The molecule has 7 nitrogen and oxygen atoms in total. The topological polar surface area (TPSA) is 60.1 Å². The van der Waals surface area contributed by atoms with Crippen molar-refractivity contribution in [3.63, 3.8) is 0 Å². The van der Waals surface area contributed by atoms with Crippen molar-refractivity contribution in [1.29, 1.82) is 0 Å². The highest BCUT2D eigenvalue weighted by Gasteiger charge is 2.24. The molecule has 1 atom stereocenters. The average molecular weight is 446 g/mol. The third kappa shape index (κ3) is 6.26. The second-order valence-electron chi connectivity index (χ2n) is 8.02. The van der Waals surface area contributed by atoms with Crippen LogP contribution in [0.4, 0.5) is 16.2 Å². The number of carbonyl (C=O) groups is 1. The SMILES string of the molecule is COc1ccc(Cl)cc1NC(=O)NCC(c1ccc(N(C)C)cc1)N1CCN(C)CC1. The van der Waals surface area contributed by atoms with Gasteiger partial charge in [-0.1, -0.05) is 23.7 Å². The van der Waals surface area contributed by atoms with Gasteiger partial charge < -0.3 is 25.2 Å². The maximum absolute atomic E-state index is 12.7. The summed E-state index contributed by atoms with van der Waals surface area (Å²) in [6.07, 6.45) is 0. The fourth-order valence-electron chi connectivity index (χ4n) is 3.72. The van der Waals surface area contributed by atoms with Gasteiger partial charge in [0.25, 0.3) is 0 Å². The van der Waals surface area contributed by atoms with Gasteiger partial charge in [-0.3, -0.25) is 4.90 Å². The number of rotatable bonds is 7. The van der Waals surface area contributed by atoms with Crippen molar-refractivity contribution in [3.8, 4) is 5.75 Å². The number of piperazine rings is 1. The van der Waals surface area contributed by atoms with Crippen LogP contribution < -0.4 is 20.3 Å². The van der Waals surface area contributed by atoms with Crippen LogP contribution >= 0.6 is 11.6 Å². The zero-order valence-corrected chi connectivity index (χ0v) is 19.4. The first-order valence-electron chi connectivity index (χ1n) is 10.5. The number of nitrogens with one attached hydrogen (secondary N) is 2. The Labute approximate surface area is 189 Å². The number of benzene rings is 2. The number of ether oxygens (including phenoxy) is 1. The lowest BCUT2D eigenvalue weighted by molar-refractivity contribution is 0.111.